The van der Waals surface area contributed by atoms with Crippen LogP contribution in [0, 0.1) is 18.6 Å². The summed E-state index contributed by atoms with van der Waals surface area (Å²) in [6.07, 6.45) is 0.966. The Hall–Kier alpha value is -3.79. The summed E-state index contributed by atoms with van der Waals surface area (Å²) in [7, 11) is 1.09. The molecule has 0 fully saturated rings. The zero-order chi connectivity index (χ0) is 22.5. The molecular formula is C20H14ClF2N3O5. The molecule has 0 aliphatic heterocycles. The molecule has 0 spiro atoms. The summed E-state index contributed by atoms with van der Waals surface area (Å²) >= 11 is 6.04. The Morgan fingerprint density at radius 3 is 2.32 bits per heavy atom. The second-order valence-corrected chi connectivity index (χ2v) is 6.31. The van der Waals surface area contributed by atoms with E-state index in [1.807, 2.05) is 0 Å². The third kappa shape index (κ3) is 4.69. The van der Waals surface area contributed by atoms with Gasteiger partial charge in [0.05, 0.1) is 5.56 Å². The third-order valence-electron chi connectivity index (χ3n) is 3.95. The maximum atomic E-state index is 14.9. The molecule has 1 aromatic heterocycles. The maximum absolute atomic E-state index is 14.9. The molecule has 11 heteroatoms. The summed E-state index contributed by atoms with van der Waals surface area (Å²) in [6, 6.07) is 8.27. The van der Waals surface area contributed by atoms with Gasteiger partial charge in [-0.1, -0.05) is 28.9 Å². The second kappa shape index (κ2) is 9.35. The number of hydrogen-bond donors (Lipinski definition) is 1. The Labute approximate surface area is 179 Å². The Balaban J connectivity index is 2.01. The van der Waals surface area contributed by atoms with E-state index < -0.39 is 40.6 Å². The first-order chi connectivity index (χ1) is 14.8. The summed E-state index contributed by atoms with van der Waals surface area (Å²) < 4.78 is 40.2. The van der Waals surface area contributed by atoms with E-state index in [1.54, 1.807) is 25.1 Å². The molecular weight excluding hydrogens is 436 g/mol. The van der Waals surface area contributed by atoms with Crippen LogP contribution < -0.4 is 9.47 Å². The van der Waals surface area contributed by atoms with Crippen LogP contribution in [0.2, 0.25) is 5.02 Å². The zero-order valence-corrected chi connectivity index (χ0v) is 16.9. The van der Waals surface area contributed by atoms with Gasteiger partial charge in [0.25, 0.3) is 11.8 Å². The predicted octanol–water partition coefficient (Wildman–Crippen LogP) is 4.74. The molecule has 0 amide bonds. The molecule has 0 saturated carbocycles. The van der Waals surface area contributed by atoms with Crippen molar-refractivity contribution in [3.8, 4) is 23.3 Å². The number of oxime groups is 1. The van der Waals surface area contributed by atoms with Crippen molar-refractivity contribution in [2.75, 3.05) is 7.11 Å². The lowest BCUT2D eigenvalue weighted by atomic mass is 10.1. The van der Waals surface area contributed by atoms with Crippen LogP contribution in [0.3, 0.4) is 0 Å². The van der Waals surface area contributed by atoms with Crippen LogP contribution in [0.4, 0.5) is 8.78 Å². The molecule has 3 aromatic rings. The van der Waals surface area contributed by atoms with Gasteiger partial charge < -0.3 is 19.4 Å². The molecule has 1 N–H and O–H groups in total. The molecule has 0 bridgehead atoms. The van der Waals surface area contributed by atoms with Gasteiger partial charge in [0, 0.05) is 10.6 Å². The van der Waals surface area contributed by atoms with Crippen molar-refractivity contribution >= 4 is 23.3 Å². The van der Waals surface area contributed by atoms with Crippen LogP contribution in [-0.2, 0) is 9.63 Å². The van der Waals surface area contributed by atoms with Crippen LogP contribution in [0.15, 0.2) is 47.9 Å². The standard InChI is InChI=1S/C20H14ClF2N3O5/c1-10-11(21)5-3-7-13(10)30-18-16(23)19(25-9-24-18)31-14-8-4-6-12(22)15(14)17(20(27)28)26-29-2/h3-9H,1-2H3,(H,27,28). The monoisotopic (exact) mass is 449 g/mol. The number of aromatic nitrogens is 2. The quantitative estimate of drug-likeness (QED) is 0.410. The van der Waals surface area contributed by atoms with Gasteiger partial charge in [-0.15, -0.1) is 0 Å². The van der Waals surface area contributed by atoms with E-state index in [0.717, 1.165) is 19.5 Å². The molecule has 0 unspecified atom stereocenters. The fourth-order valence-corrected chi connectivity index (χ4v) is 2.66. The number of rotatable bonds is 7. The largest absolute Gasteiger partial charge is 0.476 e. The second-order valence-electron chi connectivity index (χ2n) is 5.91. The molecule has 2 aromatic carbocycles. The summed E-state index contributed by atoms with van der Waals surface area (Å²) in [5.74, 6) is -4.87. The highest BCUT2D eigenvalue weighted by atomic mass is 35.5. The van der Waals surface area contributed by atoms with E-state index in [9.17, 15) is 18.7 Å². The number of benzene rings is 2. The molecule has 0 aliphatic carbocycles. The number of carboxylic acid groups (broad SMARTS) is 1. The van der Waals surface area contributed by atoms with Crippen LogP contribution in [0.1, 0.15) is 11.1 Å². The first-order valence-corrected chi connectivity index (χ1v) is 8.96. The summed E-state index contributed by atoms with van der Waals surface area (Å²) in [6.45, 7) is 1.68. The Morgan fingerprint density at radius 2 is 1.68 bits per heavy atom. The van der Waals surface area contributed by atoms with Crippen LogP contribution in [0.5, 0.6) is 23.3 Å². The highest BCUT2D eigenvalue weighted by molar-refractivity contribution is 6.43. The SMILES string of the molecule is CON=C(C(=O)O)c1c(F)cccc1Oc1ncnc(Oc2cccc(Cl)c2C)c1F. The molecule has 0 radical (unpaired) electrons. The molecule has 0 atom stereocenters. The lowest BCUT2D eigenvalue weighted by molar-refractivity contribution is -0.129. The molecule has 1 heterocycles. The third-order valence-corrected chi connectivity index (χ3v) is 4.36. The van der Waals surface area contributed by atoms with E-state index in [0.29, 0.717) is 10.6 Å². The number of carbonyl (C=O) groups is 1. The normalized spacial score (nSPS) is 11.2. The van der Waals surface area contributed by atoms with Crippen molar-refractivity contribution in [1.29, 1.82) is 0 Å². The van der Waals surface area contributed by atoms with Gasteiger partial charge in [-0.3, -0.25) is 0 Å². The average Bonchev–Trinajstić information content (AvgIpc) is 2.73. The molecule has 0 saturated heterocycles. The van der Waals surface area contributed by atoms with Crippen molar-refractivity contribution in [1.82, 2.24) is 9.97 Å². The molecule has 31 heavy (non-hydrogen) atoms. The van der Waals surface area contributed by atoms with Gasteiger partial charge in [-0.2, -0.15) is 14.4 Å². The van der Waals surface area contributed by atoms with Crippen molar-refractivity contribution in [3.63, 3.8) is 0 Å². The first kappa shape index (κ1) is 21.9. The van der Waals surface area contributed by atoms with E-state index in [4.69, 9.17) is 21.1 Å². The van der Waals surface area contributed by atoms with Gasteiger partial charge in [0.2, 0.25) is 11.5 Å². The number of carboxylic acids is 1. The lowest BCUT2D eigenvalue weighted by Gasteiger charge is -2.13. The Morgan fingerprint density at radius 1 is 1.06 bits per heavy atom. The predicted molar refractivity (Wildman–Crippen MR) is 106 cm³/mol. The molecule has 8 nitrogen and oxygen atoms in total. The molecule has 3 rings (SSSR count). The van der Waals surface area contributed by atoms with Crippen molar-refractivity contribution in [2.45, 2.75) is 6.92 Å². The fourth-order valence-electron chi connectivity index (χ4n) is 2.49. The van der Waals surface area contributed by atoms with Crippen molar-refractivity contribution in [2.24, 2.45) is 5.16 Å². The lowest BCUT2D eigenvalue weighted by Crippen LogP contribution is -2.17. The Bertz CT molecular complexity index is 1170. The van der Waals surface area contributed by atoms with E-state index in [2.05, 4.69) is 20.0 Å². The number of hydrogen-bond acceptors (Lipinski definition) is 7. The highest BCUT2D eigenvalue weighted by Gasteiger charge is 2.25. The minimum Gasteiger partial charge on any atom is -0.476 e. The molecule has 0 aliphatic rings. The van der Waals surface area contributed by atoms with Crippen LogP contribution in [0.25, 0.3) is 0 Å². The highest BCUT2D eigenvalue weighted by Crippen LogP contribution is 2.34. The first-order valence-electron chi connectivity index (χ1n) is 8.58. The van der Waals surface area contributed by atoms with Gasteiger partial charge >= 0.3 is 5.97 Å². The average molecular weight is 450 g/mol. The van der Waals surface area contributed by atoms with Crippen LogP contribution in [-0.4, -0.2) is 33.9 Å². The smallest absolute Gasteiger partial charge is 0.358 e. The van der Waals surface area contributed by atoms with E-state index in [-0.39, 0.29) is 11.5 Å². The summed E-state index contributed by atoms with van der Waals surface area (Å²) in [5, 5.41) is 13.0. The molecule has 160 valence electrons. The number of halogens is 3. The number of nitrogens with zero attached hydrogens (tertiary/aromatic N) is 3. The number of ether oxygens (including phenoxy) is 2. The van der Waals surface area contributed by atoms with Gasteiger partial charge in [0.1, 0.15) is 30.8 Å². The van der Waals surface area contributed by atoms with Gasteiger partial charge in [0.15, 0.2) is 0 Å². The summed E-state index contributed by atoms with van der Waals surface area (Å²) in [5.41, 5.74) is -0.780. The zero-order valence-electron chi connectivity index (χ0n) is 16.1. The van der Waals surface area contributed by atoms with Crippen LogP contribution >= 0.6 is 11.6 Å². The van der Waals surface area contributed by atoms with E-state index in [1.165, 1.54) is 12.1 Å². The van der Waals surface area contributed by atoms with E-state index >= 15 is 0 Å². The minimum atomic E-state index is -1.58. The topological polar surface area (TPSA) is 103 Å². The number of aliphatic carboxylic acids is 1. The van der Waals surface area contributed by atoms with Gasteiger partial charge in [-0.05, 0) is 31.2 Å². The van der Waals surface area contributed by atoms with Gasteiger partial charge in [-0.25, -0.2) is 9.18 Å². The summed E-state index contributed by atoms with van der Waals surface area (Å²) in [4.78, 5) is 23.3. The minimum absolute atomic E-state index is 0.253. The van der Waals surface area contributed by atoms with Crippen molar-refractivity contribution < 1.29 is 33.0 Å². The Kier molecular flexibility index (Phi) is 6.61. The maximum Gasteiger partial charge on any atom is 0.358 e. The van der Waals surface area contributed by atoms with Crippen molar-refractivity contribution in [3.05, 3.63) is 70.5 Å². The fraction of sp³-hybridized carbons (Fsp3) is 0.100.